The summed E-state index contributed by atoms with van der Waals surface area (Å²) in [5.74, 6) is -0.573. The fourth-order valence-electron chi connectivity index (χ4n) is 2.34. The van der Waals surface area contributed by atoms with E-state index in [1.807, 2.05) is 32.0 Å². The van der Waals surface area contributed by atoms with Gasteiger partial charge in [-0.25, -0.2) is 9.59 Å². The van der Waals surface area contributed by atoms with E-state index in [2.05, 4.69) is 5.32 Å². The fraction of sp³-hybridized carbons (Fsp3) is 0.438. The number of carbonyl (C=O) groups excluding carboxylic acids is 3. The molecular weight excluding hydrogens is 300 g/mol. The molecule has 1 N–H and O–H groups in total. The van der Waals surface area contributed by atoms with E-state index in [1.54, 1.807) is 0 Å². The molecule has 1 unspecified atom stereocenters. The number of imide groups is 1. The van der Waals surface area contributed by atoms with Gasteiger partial charge < -0.3 is 14.8 Å². The van der Waals surface area contributed by atoms with Crippen LogP contribution in [0, 0.1) is 13.8 Å². The van der Waals surface area contributed by atoms with E-state index >= 15 is 0 Å². The number of urea groups is 1. The molecule has 3 amide bonds. The molecule has 23 heavy (non-hydrogen) atoms. The van der Waals surface area contributed by atoms with E-state index in [0.717, 1.165) is 16.0 Å². The highest BCUT2D eigenvalue weighted by Crippen LogP contribution is 2.22. The first-order chi connectivity index (χ1) is 10.9. The number of rotatable bonds is 5. The Morgan fingerprint density at radius 3 is 2.52 bits per heavy atom. The van der Waals surface area contributed by atoms with Crippen LogP contribution in [0.5, 0.6) is 5.75 Å². The maximum absolute atomic E-state index is 12.0. The minimum Gasteiger partial charge on any atom is -0.481 e. The molecule has 2 rings (SSSR count). The Bertz CT molecular complexity index is 609. The van der Waals surface area contributed by atoms with Gasteiger partial charge in [-0.2, -0.15) is 0 Å². The third-order valence-corrected chi connectivity index (χ3v) is 3.52. The van der Waals surface area contributed by atoms with Crippen molar-refractivity contribution in [1.29, 1.82) is 0 Å². The van der Waals surface area contributed by atoms with E-state index in [9.17, 15) is 14.4 Å². The number of hydrogen-bond donors (Lipinski definition) is 1. The maximum Gasteiger partial charge on any atom is 0.344 e. The molecule has 0 radical (unpaired) electrons. The van der Waals surface area contributed by atoms with Gasteiger partial charge in [0, 0.05) is 13.1 Å². The van der Waals surface area contributed by atoms with Crippen molar-refractivity contribution in [3.8, 4) is 5.75 Å². The van der Waals surface area contributed by atoms with Crippen LogP contribution in [0.15, 0.2) is 18.2 Å². The first kappa shape index (κ1) is 16.8. The molecule has 124 valence electrons. The number of nitrogens with one attached hydrogen (secondary N) is 1. The SMILES string of the molecule is Cc1cccc(C)c1OCC(=O)OC(C)C(=O)N1CCNC1=O. The molecule has 1 fully saturated rings. The number of aryl methyl sites for hydroxylation is 2. The molecule has 0 aliphatic carbocycles. The molecule has 7 heteroatoms. The zero-order valence-electron chi connectivity index (χ0n) is 13.4. The lowest BCUT2D eigenvalue weighted by Gasteiger charge is -2.18. The molecule has 7 nitrogen and oxygen atoms in total. The molecule has 1 aromatic rings. The smallest absolute Gasteiger partial charge is 0.344 e. The van der Waals surface area contributed by atoms with Crippen LogP contribution >= 0.6 is 0 Å². The zero-order valence-corrected chi connectivity index (χ0v) is 13.4. The van der Waals surface area contributed by atoms with Crippen LogP contribution in [0.4, 0.5) is 4.79 Å². The topological polar surface area (TPSA) is 84.9 Å². The van der Waals surface area contributed by atoms with Crippen molar-refractivity contribution >= 4 is 17.9 Å². The number of hydrogen-bond acceptors (Lipinski definition) is 5. The fourth-order valence-corrected chi connectivity index (χ4v) is 2.34. The average Bonchev–Trinajstić information content (AvgIpc) is 2.92. The van der Waals surface area contributed by atoms with Gasteiger partial charge in [-0.15, -0.1) is 0 Å². The summed E-state index contributed by atoms with van der Waals surface area (Å²) < 4.78 is 10.5. The third-order valence-electron chi connectivity index (χ3n) is 3.52. The van der Waals surface area contributed by atoms with Crippen molar-refractivity contribution in [3.63, 3.8) is 0 Å². The quantitative estimate of drug-likeness (QED) is 0.823. The predicted octanol–water partition coefficient (Wildman–Crippen LogP) is 1.17. The summed E-state index contributed by atoms with van der Waals surface area (Å²) in [6.45, 7) is 5.58. The number of carbonyl (C=O) groups is 3. The van der Waals surface area contributed by atoms with E-state index in [0.29, 0.717) is 12.3 Å². The Labute approximate surface area is 134 Å². The molecule has 0 aromatic heterocycles. The van der Waals surface area contributed by atoms with Gasteiger partial charge in [0.2, 0.25) is 0 Å². The summed E-state index contributed by atoms with van der Waals surface area (Å²) in [4.78, 5) is 36.3. The Kier molecular flexibility index (Phi) is 5.20. The summed E-state index contributed by atoms with van der Waals surface area (Å²) in [5.41, 5.74) is 1.83. The van der Waals surface area contributed by atoms with Crippen molar-refractivity contribution in [2.45, 2.75) is 26.9 Å². The average molecular weight is 320 g/mol. The van der Waals surface area contributed by atoms with Crippen molar-refractivity contribution < 1.29 is 23.9 Å². The standard InChI is InChI=1S/C16H20N2O5/c1-10-5-4-6-11(2)14(10)22-9-13(19)23-12(3)15(20)18-8-7-17-16(18)21/h4-6,12H,7-9H2,1-3H3,(H,17,21). The summed E-state index contributed by atoms with van der Waals surface area (Å²) >= 11 is 0. The van der Waals surface area contributed by atoms with Crippen LogP contribution in [0.1, 0.15) is 18.1 Å². The molecule has 1 aliphatic rings. The number of esters is 1. The molecule has 0 bridgehead atoms. The molecule has 0 saturated carbocycles. The first-order valence-corrected chi connectivity index (χ1v) is 7.38. The second-order valence-electron chi connectivity index (χ2n) is 5.36. The van der Waals surface area contributed by atoms with Gasteiger partial charge in [-0.1, -0.05) is 18.2 Å². The van der Waals surface area contributed by atoms with E-state index in [-0.39, 0.29) is 13.2 Å². The minimum atomic E-state index is -1.03. The second-order valence-corrected chi connectivity index (χ2v) is 5.36. The van der Waals surface area contributed by atoms with Crippen molar-refractivity contribution in [1.82, 2.24) is 10.2 Å². The monoisotopic (exact) mass is 320 g/mol. The van der Waals surface area contributed by atoms with Gasteiger partial charge >= 0.3 is 12.0 Å². The van der Waals surface area contributed by atoms with Gasteiger partial charge in [-0.05, 0) is 31.9 Å². The van der Waals surface area contributed by atoms with Crippen LogP contribution in [0.25, 0.3) is 0 Å². The zero-order chi connectivity index (χ0) is 17.0. The highest BCUT2D eigenvalue weighted by molar-refractivity contribution is 5.98. The lowest BCUT2D eigenvalue weighted by molar-refractivity contribution is -0.159. The number of para-hydroxylation sites is 1. The Morgan fingerprint density at radius 1 is 1.30 bits per heavy atom. The molecule has 1 atom stereocenters. The van der Waals surface area contributed by atoms with Crippen molar-refractivity contribution in [3.05, 3.63) is 29.3 Å². The van der Waals surface area contributed by atoms with Crippen LogP contribution in [0.2, 0.25) is 0 Å². The lowest BCUT2D eigenvalue weighted by Crippen LogP contribution is -2.42. The van der Waals surface area contributed by atoms with Gasteiger partial charge in [0.1, 0.15) is 5.75 Å². The molecule has 1 heterocycles. The minimum absolute atomic E-state index is 0.276. The summed E-state index contributed by atoms with van der Waals surface area (Å²) in [6.07, 6.45) is -1.03. The third kappa shape index (κ3) is 4.00. The summed E-state index contributed by atoms with van der Waals surface area (Å²) in [5, 5.41) is 2.52. The van der Waals surface area contributed by atoms with Gasteiger partial charge in [-0.3, -0.25) is 9.69 Å². The predicted molar refractivity (Wildman–Crippen MR) is 82.1 cm³/mol. The van der Waals surface area contributed by atoms with E-state index < -0.39 is 24.0 Å². The number of nitrogens with zero attached hydrogens (tertiary/aromatic N) is 1. The van der Waals surface area contributed by atoms with Gasteiger partial charge in [0.15, 0.2) is 12.7 Å². The van der Waals surface area contributed by atoms with Gasteiger partial charge in [0.05, 0.1) is 0 Å². The Hall–Kier alpha value is -2.57. The van der Waals surface area contributed by atoms with Gasteiger partial charge in [0.25, 0.3) is 5.91 Å². The Morgan fingerprint density at radius 2 is 1.96 bits per heavy atom. The van der Waals surface area contributed by atoms with Crippen LogP contribution in [-0.2, 0) is 14.3 Å². The molecule has 1 saturated heterocycles. The highest BCUT2D eigenvalue weighted by Gasteiger charge is 2.31. The summed E-state index contributed by atoms with van der Waals surface area (Å²) in [7, 11) is 0. The molecule has 0 spiro atoms. The van der Waals surface area contributed by atoms with E-state index in [1.165, 1.54) is 6.92 Å². The molecule has 1 aromatic carbocycles. The van der Waals surface area contributed by atoms with Crippen molar-refractivity contribution in [2.24, 2.45) is 0 Å². The normalized spacial score (nSPS) is 15.1. The Balaban J connectivity index is 1.87. The molecular formula is C16H20N2O5. The molecule has 1 aliphatic heterocycles. The highest BCUT2D eigenvalue weighted by atomic mass is 16.6. The number of benzene rings is 1. The number of ether oxygens (including phenoxy) is 2. The second kappa shape index (κ2) is 7.13. The van der Waals surface area contributed by atoms with E-state index in [4.69, 9.17) is 9.47 Å². The van der Waals surface area contributed by atoms with Crippen LogP contribution in [-0.4, -0.2) is 48.6 Å². The maximum atomic E-state index is 12.0. The number of amides is 3. The largest absolute Gasteiger partial charge is 0.481 e. The van der Waals surface area contributed by atoms with Crippen LogP contribution < -0.4 is 10.1 Å². The van der Waals surface area contributed by atoms with Crippen LogP contribution in [0.3, 0.4) is 0 Å². The first-order valence-electron chi connectivity index (χ1n) is 7.38. The van der Waals surface area contributed by atoms with Crippen molar-refractivity contribution in [2.75, 3.05) is 19.7 Å². The lowest BCUT2D eigenvalue weighted by atomic mass is 10.1. The summed E-state index contributed by atoms with van der Waals surface area (Å²) in [6, 6.07) is 5.19.